The molecule has 1 aliphatic carbocycles. The van der Waals surface area contributed by atoms with Gasteiger partial charge in [-0.05, 0) is 39.1 Å². The standard InChI is InChI=1S/C11H18N4O2/c1-11(2,3)17-10(16)13-8-6-4-5-7-9(8)14-15-12/h4-5,8-9H,6-7H2,1-3H3,(H,13,16)/t8-,9+/m0/s1. The summed E-state index contributed by atoms with van der Waals surface area (Å²) in [6.45, 7) is 5.41. The summed E-state index contributed by atoms with van der Waals surface area (Å²) in [5.41, 5.74) is 7.92. The fraction of sp³-hybridized carbons (Fsp3) is 0.727. The Bertz CT molecular complexity index is 353. The molecule has 1 amide bonds. The van der Waals surface area contributed by atoms with Crippen LogP contribution < -0.4 is 5.32 Å². The van der Waals surface area contributed by atoms with Crippen LogP contribution in [0.25, 0.3) is 10.4 Å². The molecule has 0 fully saturated rings. The van der Waals surface area contributed by atoms with Crippen molar-refractivity contribution in [1.82, 2.24) is 5.32 Å². The van der Waals surface area contributed by atoms with Crippen molar-refractivity contribution in [1.29, 1.82) is 0 Å². The van der Waals surface area contributed by atoms with E-state index in [2.05, 4.69) is 15.3 Å². The molecule has 1 N–H and O–H groups in total. The first kappa shape index (κ1) is 13.4. The van der Waals surface area contributed by atoms with Crippen molar-refractivity contribution in [2.75, 3.05) is 0 Å². The van der Waals surface area contributed by atoms with Gasteiger partial charge in [0.15, 0.2) is 0 Å². The lowest BCUT2D eigenvalue weighted by Gasteiger charge is -2.27. The van der Waals surface area contributed by atoms with Crippen LogP contribution in [0.4, 0.5) is 4.79 Å². The minimum atomic E-state index is -0.525. The van der Waals surface area contributed by atoms with E-state index in [0.29, 0.717) is 12.8 Å². The van der Waals surface area contributed by atoms with Gasteiger partial charge >= 0.3 is 6.09 Å². The summed E-state index contributed by atoms with van der Waals surface area (Å²) in [4.78, 5) is 14.4. The molecule has 6 heteroatoms. The first-order chi connectivity index (χ1) is 7.92. The highest BCUT2D eigenvalue weighted by molar-refractivity contribution is 5.68. The Kier molecular flexibility index (Phi) is 4.40. The normalized spacial score (nSPS) is 23.7. The largest absolute Gasteiger partial charge is 0.444 e. The van der Waals surface area contributed by atoms with Crippen LogP contribution >= 0.6 is 0 Å². The zero-order chi connectivity index (χ0) is 12.9. The molecular formula is C11H18N4O2. The third-order valence-electron chi connectivity index (χ3n) is 2.30. The van der Waals surface area contributed by atoms with Crippen LogP contribution in [0.3, 0.4) is 0 Å². The van der Waals surface area contributed by atoms with Crippen LogP contribution in [0, 0.1) is 0 Å². The van der Waals surface area contributed by atoms with Crippen molar-refractivity contribution in [3.63, 3.8) is 0 Å². The van der Waals surface area contributed by atoms with Crippen LogP contribution in [0.15, 0.2) is 17.3 Å². The number of hydrogen-bond acceptors (Lipinski definition) is 3. The van der Waals surface area contributed by atoms with Gasteiger partial charge in [0.25, 0.3) is 0 Å². The van der Waals surface area contributed by atoms with Crippen LogP contribution in [-0.2, 0) is 4.74 Å². The molecule has 1 aliphatic rings. The molecule has 17 heavy (non-hydrogen) atoms. The smallest absolute Gasteiger partial charge is 0.407 e. The van der Waals surface area contributed by atoms with E-state index in [1.807, 2.05) is 12.2 Å². The maximum absolute atomic E-state index is 11.6. The zero-order valence-electron chi connectivity index (χ0n) is 10.4. The summed E-state index contributed by atoms with van der Waals surface area (Å²) in [6.07, 6.45) is 4.74. The summed E-state index contributed by atoms with van der Waals surface area (Å²) in [7, 11) is 0. The summed E-state index contributed by atoms with van der Waals surface area (Å²) < 4.78 is 5.16. The van der Waals surface area contributed by atoms with Crippen LogP contribution in [0.5, 0.6) is 0 Å². The molecule has 0 spiro atoms. The molecule has 0 saturated heterocycles. The Morgan fingerprint density at radius 1 is 1.47 bits per heavy atom. The van der Waals surface area contributed by atoms with Gasteiger partial charge in [0, 0.05) is 11.0 Å². The lowest BCUT2D eigenvalue weighted by atomic mass is 9.97. The summed E-state index contributed by atoms with van der Waals surface area (Å²) in [6, 6.07) is -0.428. The molecule has 2 atom stereocenters. The van der Waals surface area contributed by atoms with E-state index < -0.39 is 11.7 Å². The number of nitrogens with zero attached hydrogens (tertiary/aromatic N) is 3. The Balaban J connectivity index is 2.57. The number of nitrogens with one attached hydrogen (secondary N) is 1. The topological polar surface area (TPSA) is 87.1 Å². The van der Waals surface area contributed by atoms with Gasteiger partial charge in [0.2, 0.25) is 0 Å². The quantitative estimate of drug-likeness (QED) is 0.347. The predicted molar refractivity (Wildman–Crippen MR) is 64.5 cm³/mol. The average molecular weight is 238 g/mol. The predicted octanol–water partition coefficient (Wildman–Crippen LogP) is 2.91. The van der Waals surface area contributed by atoms with E-state index in [1.165, 1.54) is 0 Å². The van der Waals surface area contributed by atoms with Gasteiger partial charge in [-0.2, -0.15) is 0 Å². The van der Waals surface area contributed by atoms with Crippen molar-refractivity contribution in [3.8, 4) is 0 Å². The Morgan fingerprint density at radius 3 is 2.71 bits per heavy atom. The Hall–Kier alpha value is -1.68. The lowest BCUT2D eigenvalue weighted by molar-refractivity contribution is 0.0496. The maximum Gasteiger partial charge on any atom is 0.407 e. The van der Waals surface area contributed by atoms with Gasteiger partial charge in [0.05, 0.1) is 6.04 Å². The molecule has 6 nitrogen and oxygen atoms in total. The van der Waals surface area contributed by atoms with Crippen LogP contribution in [-0.4, -0.2) is 23.8 Å². The van der Waals surface area contributed by atoms with Gasteiger partial charge in [-0.3, -0.25) is 0 Å². The highest BCUT2D eigenvalue weighted by Crippen LogP contribution is 2.16. The SMILES string of the molecule is CC(C)(C)OC(=O)N[C@H]1CC=CC[C@H]1N=[N+]=[N-]. The van der Waals surface area contributed by atoms with Crippen molar-refractivity contribution < 1.29 is 9.53 Å². The van der Waals surface area contributed by atoms with Gasteiger partial charge in [-0.25, -0.2) is 4.79 Å². The third-order valence-corrected chi connectivity index (χ3v) is 2.30. The fourth-order valence-electron chi connectivity index (χ4n) is 1.61. The highest BCUT2D eigenvalue weighted by Gasteiger charge is 2.25. The van der Waals surface area contributed by atoms with Gasteiger partial charge in [-0.15, -0.1) is 0 Å². The van der Waals surface area contributed by atoms with Crippen molar-refractivity contribution in [2.24, 2.45) is 5.11 Å². The molecule has 0 aromatic carbocycles. The zero-order valence-corrected chi connectivity index (χ0v) is 10.4. The van der Waals surface area contributed by atoms with E-state index in [4.69, 9.17) is 10.3 Å². The number of alkyl carbamates (subject to hydrolysis) is 1. The average Bonchev–Trinajstić information content (AvgIpc) is 2.18. The van der Waals surface area contributed by atoms with Gasteiger partial charge in [-0.1, -0.05) is 17.3 Å². The van der Waals surface area contributed by atoms with E-state index >= 15 is 0 Å². The number of carbonyl (C=O) groups excluding carboxylic acids is 1. The minimum Gasteiger partial charge on any atom is -0.444 e. The van der Waals surface area contributed by atoms with Crippen molar-refractivity contribution >= 4 is 6.09 Å². The van der Waals surface area contributed by atoms with Crippen LogP contribution in [0.2, 0.25) is 0 Å². The van der Waals surface area contributed by atoms with E-state index in [-0.39, 0.29) is 12.1 Å². The summed E-state index contributed by atoms with van der Waals surface area (Å²) in [5.74, 6) is 0. The Morgan fingerprint density at radius 2 is 2.12 bits per heavy atom. The number of amides is 1. The van der Waals surface area contributed by atoms with Crippen molar-refractivity contribution in [3.05, 3.63) is 22.6 Å². The van der Waals surface area contributed by atoms with E-state index in [0.717, 1.165) is 0 Å². The molecule has 0 unspecified atom stereocenters. The number of carbonyl (C=O) groups is 1. The number of rotatable bonds is 2. The number of azide groups is 1. The molecule has 94 valence electrons. The molecule has 0 aromatic heterocycles. The molecule has 0 bridgehead atoms. The second-order valence-electron chi connectivity index (χ2n) is 4.97. The van der Waals surface area contributed by atoms with Crippen molar-refractivity contribution in [2.45, 2.75) is 51.3 Å². The molecule has 0 saturated carbocycles. The summed E-state index contributed by atoms with van der Waals surface area (Å²) in [5, 5.41) is 6.41. The minimum absolute atomic E-state index is 0.189. The third kappa shape index (κ3) is 4.78. The van der Waals surface area contributed by atoms with E-state index in [1.54, 1.807) is 20.8 Å². The molecule has 1 rings (SSSR count). The highest BCUT2D eigenvalue weighted by atomic mass is 16.6. The molecule has 0 heterocycles. The second-order valence-corrected chi connectivity index (χ2v) is 4.97. The molecular weight excluding hydrogens is 220 g/mol. The first-order valence-corrected chi connectivity index (χ1v) is 5.61. The monoisotopic (exact) mass is 238 g/mol. The molecule has 0 aromatic rings. The Labute approximate surface area is 101 Å². The van der Waals surface area contributed by atoms with Crippen LogP contribution in [0.1, 0.15) is 33.6 Å². The summed E-state index contributed by atoms with van der Waals surface area (Å²) >= 11 is 0. The van der Waals surface area contributed by atoms with E-state index in [9.17, 15) is 4.79 Å². The maximum atomic E-state index is 11.6. The molecule has 0 radical (unpaired) electrons. The lowest BCUT2D eigenvalue weighted by Crippen LogP contribution is -2.45. The number of hydrogen-bond donors (Lipinski definition) is 1. The molecule has 0 aliphatic heterocycles. The van der Waals surface area contributed by atoms with Gasteiger partial charge in [0.1, 0.15) is 5.60 Å². The van der Waals surface area contributed by atoms with Gasteiger partial charge < -0.3 is 10.1 Å². The second kappa shape index (κ2) is 5.59. The fourth-order valence-corrected chi connectivity index (χ4v) is 1.61. The number of ether oxygens (including phenoxy) is 1. The first-order valence-electron chi connectivity index (χ1n) is 5.61.